The average Bonchev–Trinajstić information content (AvgIpc) is 2.59. The van der Waals surface area contributed by atoms with E-state index in [1.165, 1.54) is 55.6 Å². The van der Waals surface area contributed by atoms with Crippen molar-refractivity contribution in [1.29, 1.82) is 0 Å². The molecule has 0 saturated heterocycles. The van der Waals surface area contributed by atoms with Crippen LogP contribution in [0.15, 0.2) is 48.5 Å². The van der Waals surface area contributed by atoms with Gasteiger partial charge in [-0.05, 0) is 30.3 Å². The highest BCUT2D eigenvalue weighted by Gasteiger charge is 2.31. The molecule has 132 valence electrons. The maximum atomic E-state index is 12.4. The molecule has 25 heavy (non-hydrogen) atoms. The van der Waals surface area contributed by atoms with Crippen LogP contribution >= 0.6 is 0 Å². The van der Waals surface area contributed by atoms with Crippen LogP contribution in [0.3, 0.4) is 0 Å². The highest BCUT2D eigenvalue weighted by Crippen LogP contribution is 2.26. The number of para-hydroxylation sites is 1. The van der Waals surface area contributed by atoms with Crippen LogP contribution in [0.5, 0.6) is 5.75 Å². The molecular formula is C17H14F3NO4. The fraction of sp³-hybridized carbons (Fsp3) is 0.176. The first kappa shape index (κ1) is 18.3. The van der Waals surface area contributed by atoms with Crippen LogP contribution in [0.25, 0.3) is 0 Å². The van der Waals surface area contributed by atoms with E-state index in [1.54, 1.807) is 0 Å². The number of ether oxygens (including phenoxy) is 2. The molecule has 0 fully saturated rings. The lowest BCUT2D eigenvalue weighted by molar-refractivity contribution is -0.274. The van der Waals surface area contributed by atoms with E-state index in [9.17, 15) is 22.8 Å². The third-order valence-electron chi connectivity index (χ3n) is 3.21. The molecule has 0 bridgehead atoms. The number of carbonyl (C=O) groups excluding carboxylic acids is 2. The first-order chi connectivity index (χ1) is 11.8. The van der Waals surface area contributed by atoms with Crippen molar-refractivity contribution in [3.63, 3.8) is 0 Å². The summed E-state index contributed by atoms with van der Waals surface area (Å²) in [5.41, 5.74) is 0.712. The van der Waals surface area contributed by atoms with Crippen molar-refractivity contribution in [2.75, 3.05) is 7.11 Å². The Bertz CT molecular complexity index is 757. The molecule has 0 spiro atoms. The number of nitrogens with one attached hydrogen (secondary N) is 1. The van der Waals surface area contributed by atoms with Gasteiger partial charge in [-0.2, -0.15) is 0 Å². The van der Waals surface area contributed by atoms with Crippen molar-refractivity contribution in [3.05, 3.63) is 65.2 Å². The van der Waals surface area contributed by atoms with E-state index in [2.05, 4.69) is 14.8 Å². The van der Waals surface area contributed by atoms with Gasteiger partial charge in [0.05, 0.1) is 12.7 Å². The Kier molecular flexibility index (Phi) is 5.63. The van der Waals surface area contributed by atoms with Gasteiger partial charge in [-0.15, -0.1) is 13.2 Å². The summed E-state index contributed by atoms with van der Waals surface area (Å²) < 4.78 is 45.6. The molecule has 0 aliphatic carbocycles. The maximum Gasteiger partial charge on any atom is 0.573 e. The lowest BCUT2D eigenvalue weighted by Gasteiger charge is -2.13. The van der Waals surface area contributed by atoms with Crippen LogP contribution in [-0.4, -0.2) is 25.3 Å². The Balaban J connectivity index is 2.04. The lowest BCUT2D eigenvalue weighted by atomic mass is 10.1. The Hall–Kier alpha value is -3.03. The summed E-state index contributed by atoms with van der Waals surface area (Å²) in [6.07, 6.45) is -4.82. The van der Waals surface area contributed by atoms with Gasteiger partial charge in [-0.25, -0.2) is 4.79 Å². The van der Waals surface area contributed by atoms with Crippen LogP contribution in [0.2, 0.25) is 0 Å². The zero-order chi connectivity index (χ0) is 18.4. The number of hydrogen-bond acceptors (Lipinski definition) is 4. The molecule has 0 aromatic heterocycles. The summed E-state index contributed by atoms with van der Waals surface area (Å²) in [7, 11) is 1.24. The van der Waals surface area contributed by atoms with Crippen molar-refractivity contribution >= 4 is 11.9 Å². The van der Waals surface area contributed by atoms with Crippen LogP contribution in [-0.2, 0) is 11.3 Å². The minimum Gasteiger partial charge on any atom is -0.465 e. The first-order valence-corrected chi connectivity index (χ1v) is 7.10. The molecule has 0 aliphatic heterocycles. The second-order valence-corrected chi connectivity index (χ2v) is 4.91. The van der Waals surface area contributed by atoms with Crippen molar-refractivity contribution in [2.24, 2.45) is 0 Å². The average molecular weight is 353 g/mol. The van der Waals surface area contributed by atoms with Crippen LogP contribution in [0.4, 0.5) is 13.2 Å². The Morgan fingerprint density at radius 3 is 2.20 bits per heavy atom. The summed E-state index contributed by atoms with van der Waals surface area (Å²) in [5, 5.41) is 2.50. The molecule has 0 saturated carbocycles. The number of carbonyl (C=O) groups is 2. The van der Waals surface area contributed by atoms with E-state index in [0.717, 1.165) is 0 Å². The first-order valence-electron chi connectivity index (χ1n) is 7.10. The Morgan fingerprint density at radius 2 is 1.60 bits per heavy atom. The molecule has 2 aromatic carbocycles. The van der Waals surface area contributed by atoms with E-state index in [4.69, 9.17) is 0 Å². The zero-order valence-corrected chi connectivity index (χ0v) is 13.1. The maximum absolute atomic E-state index is 12.4. The molecule has 1 amide bonds. The molecule has 0 atom stereocenters. The van der Waals surface area contributed by atoms with Crippen LogP contribution in [0.1, 0.15) is 26.3 Å². The Labute approximate surface area is 141 Å². The molecule has 8 heteroatoms. The molecule has 5 nitrogen and oxygen atoms in total. The third-order valence-corrected chi connectivity index (χ3v) is 3.21. The summed E-state index contributed by atoms with van der Waals surface area (Å²) in [6, 6.07) is 11.2. The van der Waals surface area contributed by atoms with Crippen molar-refractivity contribution in [1.82, 2.24) is 5.32 Å². The summed E-state index contributed by atoms with van der Waals surface area (Å²) in [5.74, 6) is -1.42. The van der Waals surface area contributed by atoms with Gasteiger partial charge in [0.2, 0.25) is 0 Å². The zero-order valence-electron chi connectivity index (χ0n) is 13.1. The number of alkyl halides is 3. The van der Waals surface area contributed by atoms with E-state index < -0.39 is 18.2 Å². The predicted octanol–water partition coefficient (Wildman–Crippen LogP) is 3.30. The van der Waals surface area contributed by atoms with Gasteiger partial charge in [0.25, 0.3) is 5.91 Å². The predicted molar refractivity (Wildman–Crippen MR) is 82.1 cm³/mol. The quantitative estimate of drug-likeness (QED) is 0.838. The highest BCUT2D eigenvalue weighted by molar-refractivity contribution is 5.96. The molecular weight excluding hydrogens is 339 g/mol. The highest BCUT2D eigenvalue weighted by atomic mass is 19.4. The standard InChI is InChI=1S/C17H14F3NO4/c1-24-16(23)12-8-6-11(7-9-12)15(22)21-10-13-4-2-3-5-14(13)25-17(18,19)20/h2-9H,10H2,1H3,(H,21,22). The molecule has 0 radical (unpaired) electrons. The van der Waals surface area contributed by atoms with Crippen molar-refractivity contribution in [2.45, 2.75) is 12.9 Å². The Morgan fingerprint density at radius 1 is 1.00 bits per heavy atom. The second kappa shape index (κ2) is 7.69. The second-order valence-electron chi connectivity index (χ2n) is 4.91. The molecule has 1 N–H and O–H groups in total. The van der Waals surface area contributed by atoms with E-state index >= 15 is 0 Å². The number of rotatable bonds is 5. The minimum absolute atomic E-state index is 0.149. The normalized spacial score (nSPS) is 10.9. The topological polar surface area (TPSA) is 64.6 Å². The van der Waals surface area contributed by atoms with Gasteiger partial charge in [0.1, 0.15) is 5.75 Å². The van der Waals surface area contributed by atoms with E-state index in [0.29, 0.717) is 0 Å². The van der Waals surface area contributed by atoms with Gasteiger partial charge in [0.15, 0.2) is 0 Å². The fourth-order valence-corrected chi connectivity index (χ4v) is 2.03. The van der Waals surface area contributed by atoms with Crippen molar-refractivity contribution < 1.29 is 32.2 Å². The number of amides is 1. The number of benzene rings is 2. The largest absolute Gasteiger partial charge is 0.573 e. The van der Waals surface area contributed by atoms with Gasteiger partial charge in [0, 0.05) is 17.7 Å². The summed E-state index contributed by atoms with van der Waals surface area (Å²) in [4.78, 5) is 23.4. The molecule has 2 aromatic rings. The van der Waals surface area contributed by atoms with Crippen LogP contribution in [0, 0.1) is 0 Å². The summed E-state index contributed by atoms with van der Waals surface area (Å²) >= 11 is 0. The van der Waals surface area contributed by atoms with E-state index in [-0.39, 0.29) is 29.0 Å². The summed E-state index contributed by atoms with van der Waals surface area (Å²) in [6.45, 7) is -0.149. The van der Waals surface area contributed by atoms with E-state index in [1.807, 2.05) is 0 Å². The minimum atomic E-state index is -4.82. The third kappa shape index (κ3) is 5.23. The smallest absolute Gasteiger partial charge is 0.465 e. The number of esters is 1. The number of halogens is 3. The van der Waals surface area contributed by atoms with Gasteiger partial charge in [-0.1, -0.05) is 18.2 Å². The molecule has 0 heterocycles. The van der Waals surface area contributed by atoms with Crippen LogP contribution < -0.4 is 10.1 Å². The van der Waals surface area contributed by atoms with Gasteiger partial charge in [-0.3, -0.25) is 4.79 Å². The molecule has 2 rings (SSSR count). The fourth-order valence-electron chi connectivity index (χ4n) is 2.03. The SMILES string of the molecule is COC(=O)c1ccc(C(=O)NCc2ccccc2OC(F)(F)F)cc1. The number of hydrogen-bond donors (Lipinski definition) is 1. The van der Waals surface area contributed by atoms with Gasteiger partial charge >= 0.3 is 12.3 Å². The lowest BCUT2D eigenvalue weighted by Crippen LogP contribution is -2.24. The molecule has 0 aliphatic rings. The molecule has 0 unspecified atom stereocenters. The van der Waals surface area contributed by atoms with Crippen molar-refractivity contribution in [3.8, 4) is 5.75 Å². The van der Waals surface area contributed by atoms with Gasteiger partial charge < -0.3 is 14.8 Å². The monoisotopic (exact) mass is 353 g/mol. The number of methoxy groups -OCH3 is 1.